The molecule has 4 N–H and O–H groups in total. The van der Waals surface area contributed by atoms with Crippen molar-refractivity contribution < 1.29 is 5.21 Å². The van der Waals surface area contributed by atoms with E-state index in [4.69, 9.17) is 22.5 Å². The van der Waals surface area contributed by atoms with Gasteiger partial charge in [-0.2, -0.15) is 0 Å². The maximum absolute atomic E-state index is 8.75. The van der Waals surface area contributed by atoms with Crippen LogP contribution in [0.4, 0.5) is 5.69 Å². The standard InChI is InChI=1S/C15H16ClN3O/c16-12-7-4-8-13(9-12)18-14(10-15(17)19-20)11-5-2-1-3-6-11/h1-9,14,18,20H,10H2,(H2,17,19). The lowest BCUT2D eigenvalue weighted by Crippen LogP contribution is -2.21. The number of nitrogens with two attached hydrogens (primary N) is 1. The number of amidine groups is 1. The van der Waals surface area contributed by atoms with E-state index in [0.29, 0.717) is 11.4 Å². The van der Waals surface area contributed by atoms with Gasteiger partial charge >= 0.3 is 0 Å². The number of hydrogen-bond donors (Lipinski definition) is 3. The molecule has 0 radical (unpaired) electrons. The van der Waals surface area contributed by atoms with Crippen molar-refractivity contribution in [3.05, 3.63) is 65.2 Å². The number of nitrogens with one attached hydrogen (secondary N) is 1. The second-order valence-electron chi connectivity index (χ2n) is 4.41. The molecule has 0 fully saturated rings. The van der Waals surface area contributed by atoms with Gasteiger partial charge in [-0.05, 0) is 23.8 Å². The first-order valence-electron chi connectivity index (χ1n) is 6.22. The average Bonchev–Trinajstić information content (AvgIpc) is 2.47. The first kappa shape index (κ1) is 14.2. The zero-order valence-electron chi connectivity index (χ0n) is 10.8. The molecule has 1 unspecified atom stereocenters. The molecule has 0 saturated heterocycles. The highest BCUT2D eigenvalue weighted by Gasteiger charge is 2.13. The smallest absolute Gasteiger partial charge is 0.141 e. The lowest BCUT2D eigenvalue weighted by atomic mass is 10.0. The van der Waals surface area contributed by atoms with Crippen LogP contribution in [-0.4, -0.2) is 11.0 Å². The summed E-state index contributed by atoms with van der Waals surface area (Å²) >= 11 is 5.98. The Morgan fingerprint density at radius 3 is 2.60 bits per heavy atom. The molecule has 0 aliphatic carbocycles. The molecule has 0 aliphatic rings. The molecule has 0 amide bonds. The van der Waals surface area contributed by atoms with E-state index in [9.17, 15) is 0 Å². The van der Waals surface area contributed by atoms with Crippen molar-refractivity contribution in [2.75, 3.05) is 5.32 Å². The van der Waals surface area contributed by atoms with Crippen LogP contribution in [0, 0.1) is 0 Å². The Balaban J connectivity index is 2.23. The summed E-state index contributed by atoms with van der Waals surface area (Å²) in [5.74, 6) is 0.174. The van der Waals surface area contributed by atoms with Crippen LogP contribution in [0.15, 0.2) is 59.8 Å². The van der Waals surface area contributed by atoms with Crippen LogP contribution >= 0.6 is 11.6 Å². The summed E-state index contributed by atoms with van der Waals surface area (Å²) in [5, 5.41) is 15.8. The molecular formula is C15H16ClN3O. The highest BCUT2D eigenvalue weighted by Crippen LogP contribution is 2.24. The first-order chi connectivity index (χ1) is 9.69. The van der Waals surface area contributed by atoms with E-state index in [0.717, 1.165) is 11.3 Å². The van der Waals surface area contributed by atoms with Gasteiger partial charge in [-0.15, -0.1) is 0 Å². The van der Waals surface area contributed by atoms with Crippen LogP contribution in [-0.2, 0) is 0 Å². The van der Waals surface area contributed by atoms with Gasteiger partial charge in [0, 0.05) is 17.1 Å². The number of benzene rings is 2. The van der Waals surface area contributed by atoms with Crippen molar-refractivity contribution in [1.29, 1.82) is 0 Å². The second kappa shape index (κ2) is 6.82. The molecule has 0 aliphatic heterocycles. The summed E-state index contributed by atoms with van der Waals surface area (Å²) in [5.41, 5.74) is 7.57. The summed E-state index contributed by atoms with van der Waals surface area (Å²) in [6, 6.07) is 17.2. The molecule has 0 saturated carbocycles. The van der Waals surface area contributed by atoms with Crippen molar-refractivity contribution in [2.45, 2.75) is 12.5 Å². The number of nitrogens with zero attached hydrogens (tertiary/aromatic N) is 1. The Hall–Kier alpha value is -2.20. The third kappa shape index (κ3) is 3.90. The van der Waals surface area contributed by atoms with E-state index >= 15 is 0 Å². The summed E-state index contributed by atoms with van der Waals surface area (Å²) in [4.78, 5) is 0. The van der Waals surface area contributed by atoms with E-state index in [1.165, 1.54) is 0 Å². The molecule has 2 aromatic rings. The van der Waals surface area contributed by atoms with Gasteiger partial charge in [-0.1, -0.05) is 53.2 Å². The Morgan fingerprint density at radius 2 is 1.95 bits per heavy atom. The minimum atomic E-state index is -0.0921. The SMILES string of the molecule is NC(CC(Nc1cccc(Cl)c1)c1ccccc1)=NO. The summed E-state index contributed by atoms with van der Waals surface area (Å²) < 4.78 is 0. The van der Waals surface area contributed by atoms with Crippen LogP contribution < -0.4 is 11.1 Å². The normalized spacial score (nSPS) is 12.9. The third-order valence-electron chi connectivity index (χ3n) is 2.91. The Bertz CT molecular complexity index is 587. The fourth-order valence-corrected chi connectivity index (χ4v) is 2.16. The van der Waals surface area contributed by atoms with E-state index in [2.05, 4.69) is 10.5 Å². The van der Waals surface area contributed by atoms with Gasteiger partial charge in [0.05, 0.1) is 6.04 Å². The topological polar surface area (TPSA) is 70.6 Å². The van der Waals surface area contributed by atoms with Crippen molar-refractivity contribution in [2.24, 2.45) is 10.9 Å². The predicted molar refractivity (Wildman–Crippen MR) is 82.3 cm³/mol. The zero-order valence-corrected chi connectivity index (χ0v) is 11.6. The lowest BCUT2D eigenvalue weighted by Gasteiger charge is -2.20. The van der Waals surface area contributed by atoms with Gasteiger partial charge < -0.3 is 16.3 Å². The van der Waals surface area contributed by atoms with Crippen molar-refractivity contribution in [3.8, 4) is 0 Å². The first-order valence-corrected chi connectivity index (χ1v) is 6.60. The third-order valence-corrected chi connectivity index (χ3v) is 3.14. The number of rotatable bonds is 5. The summed E-state index contributed by atoms with van der Waals surface area (Å²) in [6.07, 6.45) is 0.396. The fraction of sp³-hybridized carbons (Fsp3) is 0.133. The van der Waals surface area contributed by atoms with E-state index < -0.39 is 0 Å². The van der Waals surface area contributed by atoms with Crippen LogP contribution in [0.25, 0.3) is 0 Å². The largest absolute Gasteiger partial charge is 0.409 e. The summed E-state index contributed by atoms with van der Waals surface area (Å²) in [7, 11) is 0. The number of oxime groups is 1. The average molecular weight is 290 g/mol. The molecular weight excluding hydrogens is 274 g/mol. The molecule has 0 aromatic heterocycles. The molecule has 0 spiro atoms. The number of hydrogen-bond acceptors (Lipinski definition) is 3. The van der Waals surface area contributed by atoms with Gasteiger partial charge in [0.25, 0.3) is 0 Å². The molecule has 2 rings (SSSR count). The van der Waals surface area contributed by atoms with E-state index in [1.807, 2.05) is 54.6 Å². The van der Waals surface area contributed by atoms with Gasteiger partial charge in [0.15, 0.2) is 0 Å². The van der Waals surface area contributed by atoms with Crippen molar-refractivity contribution in [1.82, 2.24) is 0 Å². The molecule has 20 heavy (non-hydrogen) atoms. The van der Waals surface area contributed by atoms with E-state index in [1.54, 1.807) is 0 Å². The zero-order chi connectivity index (χ0) is 14.4. The quantitative estimate of drug-likeness (QED) is 0.341. The van der Waals surface area contributed by atoms with Gasteiger partial charge in [-0.25, -0.2) is 0 Å². The van der Waals surface area contributed by atoms with Crippen LogP contribution in [0.2, 0.25) is 5.02 Å². The Morgan fingerprint density at radius 1 is 1.20 bits per heavy atom. The van der Waals surface area contributed by atoms with Crippen LogP contribution in [0.3, 0.4) is 0 Å². The predicted octanol–water partition coefficient (Wildman–Crippen LogP) is 3.63. The van der Waals surface area contributed by atoms with Gasteiger partial charge in [-0.3, -0.25) is 0 Å². The number of halogens is 1. The number of anilines is 1. The second-order valence-corrected chi connectivity index (χ2v) is 4.85. The van der Waals surface area contributed by atoms with Crippen molar-refractivity contribution in [3.63, 3.8) is 0 Å². The highest BCUT2D eigenvalue weighted by atomic mass is 35.5. The Labute approximate surface area is 122 Å². The van der Waals surface area contributed by atoms with Crippen LogP contribution in [0.1, 0.15) is 18.0 Å². The molecule has 104 valence electrons. The van der Waals surface area contributed by atoms with E-state index in [-0.39, 0.29) is 11.9 Å². The molecule has 0 heterocycles. The van der Waals surface area contributed by atoms with Crippen LogP contribution in [0.5, 0.6) is 0 Å². The Kier molecular flexibility index (Phi) is 4.85. The summed E-state index contributed by atoms with van der Waals surface area (Å²) in [6.45, 7) is 0. The van der Waals surface area contributed by atoms with Crippen molar-refractivity contribution >= 4 is 23.1 Å². The fourth-order valence-electron chi connectivity index (χ4n) is 1.97. The minimum Gasteiger partial charge on any atom is -0.409 e. The monoisotopic (exact) mass is 289 g/mol. The van der Waals surface area contributed by atoms with Gasteiger partial charge in [0.2, 0.25) is 0 Å². The van der Waals surface area contributed by atoms with Gasteiger partial charge in [0.1, 0.15) is 5.84 Å². The lowest BCUT2D eigenvalue weighted by molar-refractivity contribution is 0.316. The maximum atomic E-state index is 8.75. The molecule has 5 heteroatoms. The molecule has 4 nitrogen and oxygen atoms in total. The minimum absolute atomic E-state index is 0.0921. The maximum Gasteiger partial charge on any atom is 0.141 e. The molecule has 2 aromatic carbocycles. The molecule has 1 atom stereocenters. The highest BCUT2D eigenvalue weighted by molar-refractivity contribution is 6.30. The molecule has 0 bridgehead atoms.